The highest BCUT2D eigenvalue weighted by Gasteiger charge is 2.19. The Hall–Kier alpha value is -1.33. The van der Waals surface area contributed by atoms with Crippen molar-refractivity contribution in [3.63, 3.8) is 0 Å². The quantitative estimate of drug-likeness (QED) is 0.923. The highest BCUT2D eigenvalue weighted by atomic mass is 32.1. The number of nitrogens with zero attached hydrogens (tertiary/aromatic N) is 1. The number of hydrogen-bond acceptors (Lipinski definition) is 3. The lowest BCUT2D eigenvalue weighted by Crippen LogP contribution is -2.17. The van der Waals surface area contributed by atoms with E-state index in [4.69, 9.17) is 0 Å². The van der Waals surface area contributed by atoms with Gasteiger partial charge in [-0.3, -0.25) is 0 Å². The molecular weight excluding hydrogens is 254 g/mol. The molecule has 0 aliphatic rings. The van der Waals surface area contributed by atoms with Gasteiger partial charge in [-0.1, -0.05) is 0 Å². The van der Waals surface area contributed by atoms with Crippen LogP contribution >= 0.6 is 11.3 Å². The average molecular weight is 268 g/mol. The molecule has 1 aromatic heterocycles. The first-order chi connectivity index (χ1) is 8.51. The molecule has 0 aliphatic carbocycles. The van der Waals surface area contributed by atoms with E-state index in [1.807, 2.05) is 13.8 Å². The fourth-order valence-corrected chi connectivity index (χ4v) is 3.07. The summed E-state index contributed by atoms with van der Waals surface area (Å²) in [6.45, 7) is 3.82. The van der Waals surface area contributed by atoms with Crippen molar-refractivity contribution < 1.29 is 8.78 Å². The van der Waals surface area contributed by atoms with Gasteiger partial charge >= 0.3 is 0 Å². The van der Waals surface area contributed by atoms with Gasteiger partial charge in [0.15, 0.2) is 0 Å². The van der Waals surface area contributed by atoms with E-state index in [1.54, 1.807) is 7.05 Å². The van der Waals surface area contributed by atoms with Gasteiger partial charge in [-0.2, -0.15) is 0 Å². The molecule has 2 nitrogen and oxygen atoms in total. The van der Waals surface area contributed by atoms with Crippen LogP contribution in [0.5, 0.6) is 0 Å². The van der Waals surface area contributed by atoms with Crippen molar-refractivity contribution in [2.24, 2.45) is 0 Å². The Kier molecular flexibility index (Phi) is 3.73. The van der Waals surface area contributed by atoms with Gasteiger partial charge in [-0.15, -0.1) is 11.3 Å². The molecule has 0 amide bonds. The first-order valence-corrected chi connectivity index (χ1v) is 6.40. The summed E-state index contributed by atoms with van der Waals surface area (Å²) >= 11 is 1.54. The van der Waals surface area contributed by atoms with Crippen LogP contribution in [0, 0.1) is 25.5 Å². The highest BCUT2D eigenvalue weighted by molar-refractivity contribution is 7.11. The van der Waals surface area contributed by atoms with Crippen LogP contribution in [-0.4, -0.2) is 12.0 Å². The van der Waals surface area contributed by atoms with E-state index in [0.717, 1.165) is 21.6 Å². The smallest absolute Gasteiger partial charge is 0.126 e. The van der Waals surface area contributed by atoms with E-state index in [0.29, 0.717) is 5.56 Å². The van der Waals surface area contributed by atoms with Crippen LogP contribution in [0.2, 0.25) is 0 Å². The number of rotatable bonds is 3. The van der Waals surface area contributed by atoms with Gasteiger partial charge in [0, 0.05) is 10.9 Å². The molecule has 0 fully saturated rings. The molecule has 1 atom stereocenters. The molecule has 2 aromatic rings. The van der Waals surface area contributed by atoms with E-state index in [-0.39, 0.29) is 6.04 Å². The molecule has 1 aromatic carbocycles. The van der Waals surface area contributed by atoms with Gasteiger partial charge in [0.2, 0.25) is 0 Å². The summed E-state index contributed by atoms with van der Waals surface area (Å²) < 4.78 is 26.5. The first kappa shape index (κ1) is 13.1. The predicted octanol–water partition coefficient (Wildman–Crippen LogP) is 3.35. The molecule has 1 unspecified atom stereocenters. The minimum absolute atomic E-state index is 0.235. The normalized spacial score (nSPS) is 12.7. The van der Waals surface area contributed by atoms with Crippen LogP contribution in [0.15, 0.2) is 18.2 Å². The average Bonchev–Trinajstić information content (AvgIpc) is 2.58. The van der Waals surface area contributed by atoms with Gasteiger partial charge in [0.1, 0.15) is 11.6 Å². The van der Waals surface area contributed by atoms with E-state index in [2.05, 4.69) is 10.3 Å². The van der Waals surface area contributed by atoms with Crippen molar-refractivity contribution in [1.29, 1.82) is 0 Å². The standard InChI is InChI=1S/C13H14F2N2S/c1-7-13(18-8(2)17-7)12(16-3)9-4-10(14)6-11(15)5-9/h4-6,12,16H,1-3H3. The van der Waals surface area contributed by atoms with E-state index in [1.165, 1.54) is 23.5 Å². The third kappa shape index (κ3) is 2.57. The topological polar surface area (TPSA) is 24.9 Å². The third-order valence-corrected chi connectivity index (χ3v) is 3.85. The Morgan fingerprint density at radius 2 is 1.78 bits per heavy atom. The number of halogens is 2. The molecule has 0 saturated carbocycles. The van der Waals surface area contributed by atoms with Crippen molar-refractivity contribution in [1.82, 2.24) is 10.3 Å². The number of aryl methyl sites for hydroxylation is 2. The minimum atomic E-state index is -0.566. The van der Waals surface area contributed by atoms with Crippen LogP contribution < -0.4 is 5.32 Å². The van der Waals surface area contributed by atoms with Gasteiger partial charge in [0.05, 0.1) is 16.7 Å². The van der Waals surface area contributed by atoms with Gasteiger partial charge < -0.3 is 5.32 Å². The molecule has 18 heavy (non-hydrogen) atoms. The number of nitrogens with one attached hydrogen (secondary N) is 1. The molecule has 0 radical (unpaired) electrons. The Labute approximate surface area is 109 Å². The number of hydrogen-bond donors (Lipinski definition) is 1. The number of aromatic nitrogens is 1. The third-order valence-electron chi connectivity index (χ3n) is 2.71. The maximum absolute atomic E-state index is 13.3. The maximum Gasteiger partial charge on any atom is 0.126 e. The summed E-state index contributed by atoms with van der Waals surface area (Å²) in [7, 11) is 1.77. The highest BCUT2D eigenvalue weighted by Crippen LogP contribution is 2.30. The molecule has 1 N–H and O–H groups in total. The van der Waals surface area contributed by atoms with Crippen molar-refractivity contribution in [3.05, 3.63) is 51.0 Å². The molecule has 0 aliphatic heterocycles. The first-order valence-electron chi connectivity index (χ1n) is 5.58. The molecule has 0 bridgehead atoms. The number of thiazole rings is 1. The van der Waals surface area contributed by atoms with Crippen LogP contribution in [0.3, 0.4) is 0 Å². The molecular formula is C13H14F2N2S. The summed E-state index contributed by atoms with van der Waals surface area (Å²) in [4.78, 5) is 5.33. The van der Waals surface area contributed by atoms with Crippen LogP contribution in [0.25, 0.3) is 0 Å². The lowest BCUT2D eigenvalue weighted by molar-refractivity contribution is 0.572. The molecule has 96 valence electrons. The fourth-order valence-electron chi connectivity index (χ4n) is 2.01. The summed E-state index contributed by atoms with van der Waals surface area (Å²) in [6.07, 6.45) is 0. The zero-order valence-electron chi connectivity index (χ0n) is 10.4. The molecule has 5 heteroatoms. The molecule has 2 rings (SSSR count). The minimum Gasteiger partial charge on any atom is -0.309 e. The Balaban J connectivity index is 2.48. The summed E-state index contributed by atoms with van der Waals surface area (Å²) in [5, 5.41) is 4.02. The second kappa shape index (κ2) is 5.12. The molecule has 1 heterocycles. The lowest BCUT2D eigenvalue weighted by Gasteiger charge is -2.16. The predicted molar refractivity (Wildman–Crippen MR) is 68.8 cm³/mol. The maximum atomic E-state index is 13.3. The largest absolute Gasteiger partial charge is 0.309 e. The van der Waals surface area contributed by atoms with Crippen LogP contribution in [-0.2, 0) is 0 Å². The fraction of sp³-hybridized carbons (Fsp3) is 0.308. The lowest BCUT2D eigenvalue weighted by atomic mass is 10.0. The van der Waals surface area contributed by atoms with Crippen LogP contribution in [0.1, 0.15) is 27.2 Å². The molecule has 0 spiro atoms. The van der Waals surface area contributed by atoms with Gasteiger partial charge in [-0.25, -0.2) is 13.8 Å². The molecule has 0 saturated heterocycles. The SMILES string of the molecule is CNC(c1cc(F)cc(F)c1)c1sc(C)nc1C. The number of benzene rings is 1. The van der Waals surface area contributed by atoms with Crippen molar-refractivity contribution >= 4 is 11.3 Å². The monoisotopic (exact) mass is 268 g/mol. The van der Waals surface area contributed by atoms with Crippen molar-refractivity contribution in [3.8, 4) is 0 Å². The summed E-state index contributed by atoms with van der Waals surface area (Å²) in [5.41, 5.74) is 1.46. The van der Waals surface area contributed by atoms with Gasteiger partial charge in [-0.05, 0) is 38.6 Å². The summed E-state index contributed by atoms with van der Waals surface area (Å²) in [6, 6.07) is 3.33. The van der Waals surface area contributed by atoms with Crippen LogP contribution in [0.4, 0.5) is 8.78 Å². The second-order valence-electron chi connectivity index (χ2n) is 4.11. The Bertz CT molecular complexity index is 546. The van der Waals surface area contributed by atoms with E-state index in [9.17, 15) is 8.78 Å². The van der Waals surface area contributed by atoms with E-state index >= 15 is 0 Å². The Morgan fingerprint density at radius 1 is 1.17 bits per heavy atom. The Morgan fingerprint density at radius 3 is 2.22 bits per heavy atom. The van der Waals surface area contributed by atoms with Crippen molar-refractivity contribution in [2.45, 2.75) is 19.9 Å². The summed E-state index contributed by atoms with van der Waals surface area (Å²) in [5.74, 6) is -1.13. The van der Waals surface area contributed by atoms with Crippen molar-refractivity contribution in [2.75, 3.05) is 7.05 Å². The second-order valence-corrected chi connectivity index (χ2v) is 5.34. The van der Waals surface area contributed by atoms with Gasteiger partial charge in [0.25, 0.3) is 0 Å². The van der Waals surface area contributed by atoms with E-state index < -0.39 is 11.6 Å². The zero-order chi connectivity index (χ0) is 13.3. The zero-order valence-corrected chi connectivity index (χ0v) is 11.2.